The van der Waals surface area contributed by atoms with E-state index in [0.29, 0.717) is 5.92 Å². The Labute approximate surface area is 94.9 Å². The van der Waals surface area contributed by atoms with Gasteiger partial charge < -0.3 is 10.8 Å². The third-order valence-electron chi connectivity index (χ3n) is 2.99. The second-order valence-electron chi connectivity index (χ2n) is 4.06. The summed E-state index contributed by atoms with van der Waals surface area (Å²) < 4.78 is 0. The molecule has 1 aliphatic heterocycles. The second kappa shape index (κ2) is 4.90. The Balaban J connectivity index is 2.05. The van der Waals surface area contributed by atoms with Gasteiger partial charge in [0, 0.05) is 5.69 Å². The minimum absolute atomic E-state index is 0.313. The van der Waals surface area contributed by atoms with Gasteiger partial charge in [-0.15, -0.1) is 0 Å². The van der Waals surface area contributed by atoms with Crippen molar-refractivity contribution >= 4 is 17.4 Å². The molecule has 3 heteroatoms. The van der Waals surface area contributed by atoms with Crippen molar-refractivity contribution in [1.82, 2.24) is 0 Å². The predicted molar refractivity (Wildman–Crippen MR) is 65.9 cm³/mol. The van der Waals surface area contributed by atoms with Crippen molar-refractivity contribution in [2.75, 3.05) is 17.2 Å². The average Bonchev–Trinajstić information content (AvgIpc) is 2.30. The van der Waals surface area contributed by atoms with E-state index in [4.69, 9.17) is 5.73 Å². The molecule has 1 saturated heterocycles. The minimum atomic E-state index is -0.313. The van der Waals surface area contributed by atoms with Gasteiger partial charge >= 0.3 is 0 Å². The summed E-state index contributed by atoms with van der Waals surface area (Å²) in [6, 6.07) is 7.58. The van der Waals surface area contributed by atoms with Crippen LogP contribution in [0.3, 0.4) is 0 Å². The van der Waals surface area contributed by atoms with Gasteiger partial charge in [-0.05, 0) is 48.0 Å². The number of aliphatic hydroxyl groups excluding tert-OH is 1. The van der Waals surface area contributed by atoms with E-state index in [1.807, 2.05) is 36.0 Å². The Hall–Kier alpha value is -0.670. The maximum Gasteiger partial charge on any atom is 0.0818 e. The number of rotatable bonds is 2. The lowest BCUT2D eigenvalue weighted by atomic mass is 9.91. The lowest BCUT2D eigenvalue weighted by Gasteiger charge is -2.26. The summed E-state index contributed by atoms with van der Waals surface area (Å²) in [5, 5.41) is 10.2. The van der Waals surface area contributed by atoms with Crippen molar-refractivity contribution < 1.29 is 5.11 Å². The van der Waals surface area contributed by atoms with Crippen LogP contribution in [0, 0.1) is 5.92 Å². The van der Waals surface area contributed by atoms with Crippen molar-refractivity contribution in [2.24, 2.45) is 5.92 Å². The minimum Gasteiger partial charge on any atom is -0.399 e. The molecule has 3 N–H and O–H groups in total. The molecule has 1 heterocycles. The summed E-state index contributed by atoms with van der Waals surface area (Å²) in [6.07, 6.45) is 1.93. The molecule has 0 radical (unpaired) electrons. The standard InChI is InChI=1S/C12H17NOS/c13-11-3-1-9(2-4-11)12(14)10-5-7-15-8-6-10/h1-4,10,12,14H,5-8,13H2. The second-order valence-corrected chi connectivity index (χ2v) is 5.29. The molecule has 1 atom stereocenters. The molecule has 2 rings (SSSR count). The van der Waals surface area contributed by atoms with Gasteiger partial charge in [-0.25, -0.2) is 0 Å². The molecule has 0 amide bonds. The number of hydrogen-bond donors (Lipinski definition) is 2. The van der Waals surface area contributed by atoms with Crippen molar-refractivity contribution in [2.45, 2.75) is 18.9 Å². The van der Waals surface area contributed by atoms with Crippen LogP contribution < -0.4 is 5.73 Å². The zero-order valence-electron chi connectivity index (χ0n) is 8.73. The van der Waals surface area contributed by atoms with E-state index in [0.717, 1.165) is 24.1 Å². The molecule has 0 aromatic heterocycles. The molecule has 1 aromatic rings. The molecule has 1 aliphatic rings. The first-order valence-electron chi connectivity index (χ1n) is 5.38. The van der Waals surface area contributed by atoms with Crippen LogP contribution in [-0.2, 0) is 0 Å². The van der Waals surface area contributed by atoms with Crippen molar-refractivity contribution in [3.8, 4) is 0 Å². The van der Waals surface area contributed by atoms with E-state index in [9.17, 15) is 5.11 Å². The summed E-state index contributed by atoms with van der Waals surface area (Å²) in [4.78, 5) is 0. The number of aliphatic hydroxyl groups is 1. The summed E-state index contributed by atoms with van der Waals surface area (Å²) in [6.45, 7) is 0. The molecule has 82 valence electrons. The number of nitrogen functional groups attached to an aromatic ring is 1. The Morgan fingerprint density at radius 1 is 1.20 bits per heavy atom. The molecule has 0 aliphatic carbocycles. The molecule has 1 fully saturated rings. The number of hydrogen-bond acceptors (Lipinski definition) is 3. The van der Waals surface area contributed by atoms with Crippen molar-refractivity contribution in [3.63, 3.8) is 0 Å². The Kier molecular flexibility index (Phi) is 3.54. The SMILES string of the molecule is Nc1ccc(C(O)C2CCSCC2)cc1. The van der Waals surface area contributed by atoms with Crippen LogP contribution in [0.15, 0.2) is 24.3 Å². The molecule has 1 aromatic carbocycles. The number of anilines is 1. The fourth-order valence-corrected chi connectivity index (χ4v) is 3.14. The summed E-state index contributed by atoms with van der Waals surface area (Å²) in [5.74, 6) is 2.78. The highest BCUT2D eigenvalue weighted by molar-refractivity contribution is 7.99. The van der Waals surface area contributed by atoms with Crippen LogP contribution in [0.4, 0.5) is 5.69 Å². The first-order chi connectivity index (χ1) is 7.27. The molecule has 15 heavy (non-hydrogen) atoms. The topological polar surface area (TPSA) is 46.2 Å². The molecule has 2 nitrogen and oxygen atoms in total. The quantitative estimate of drug-likeness (QED) is 0.757. The van der Waals surface area contributed by atoms with E-state index >= 15 is 0 Å². The Morgan fingerprint density at radius 3 is 2.40 bits per heavy atom. The van der Waals surface area contributed by atoms with Gasteiger partial charge in [0.15, 0.2) is 0 Å². The summed E-state index contributed by atoms with van der Waals surface area (Å²) >= 11 is 1.98. The van der Waals surface area contributed by atoms with Gasteiger partial charge in [-0.3, -0.25) is 0 Å². The van der Waals surface area contributed by atoms with Crippen LogP contribution in [0.1, 0.15) is 24.5 Å². The maximum absolute atomic E-state index is 10.2. The van der Waals surface area contributed by atoms with E-state index in [1.165, 1.54) is 11.5 Å². The van der Waals surface area contributed by atoms with Gasteiger partial charge in [0.05, 0.1) is 6.10 Å². The maximum atomic E-state index is 10.2. The van der Waals surface area contributed by atoms with E-state index in [-0.39, 0.29) is 6.10 Å². The van der Waals surface area contributed by atoms with Gasteiger partial charge in [-0.2, -0.15) is 11.8 Å². The zero-order valence-corrected chi connectivity index (χ0v) is 9.54. The lowest BCUT2D eigenvalue weighted by Crippen LogP contribution is -2.18. The van der Waals surface area contributed by atoms with Gasteiger partial charge in [0.2, 0.25) is 0 Å². The highest BCUT2D eigenvalue weighted by Crippen LogP contribution is 2.33. The van der Waals surface area contributed by atoms with Crippen LogP contribution in [0.25, 0.3) is 0 Å². The molecule has 0 spiro atoms. The van der Waals surface area contributed by atoms with Crippen LogP contribution in [0.2, 0.25) is 0 Å². The van der Waals surface area contributed by atoms with Crippen LogP contribution >= 0.6 is 11.8 Å². The summed E-state index contributed by atoms with van der Waals surface area (Å²) in [5.41, 5.74) is 7.38. The van der Waals surface area contributed by atoms with Crippen molar-refractivity contribution in [1.29, 1.82) is 0 Å². The van der Waals surface area contributed by atoms with E-state index in [2.05, 4.69) is 0 Å². The van der Waals surface area contributed by atoms with Crippen LogP contribution in [0.5, 0.6) is 0 Å². The zero-order chi connectivity index (χ0) is 10.7. The molecule has 0 saturated carbocycles. The largest absolute Gasteiger partial charge is 0.399 e. The third-order valence-corrected chi connectivity index (χ3v) is 4.04. The monoisotopic (exact) mass is 223 g/mol. The smallest absolute Gasteiger partial charge is 0.0818 e. The van der Waals surface area contributed by atoms with E-state index in [1.54, 1.807) is 0 Å². The summed E-state index contributed by atoms with van der Waals surface area (Å²) in [7, 11) is 0. The lowest BCUT2D eigenvalue weighted by molar-refractivity contribution is 0.103. The normalized spacial score (nSPS) is 20.1. The Morgan fingerprint density at radius 2 is 1.80 bits per heavy atom. The number of benzene rings is 1. The fourth-order valence-electron chi connectivity index (χ4n) is 2.00. The van der Waals surface area contributed by atoms with Crippen molar-refractivity contribution in [3.05, 3.63) is 29.8 Å². The highest BCUT2D eigenvalue weighted by atomic mass is 32.2. The number of thioether (sulfide) groups is 1. The van der Waals surface area contributed by atoms with E-state index < -0.39 is 0 Å². The fraction of sp³-hybridized carbons (Fsp3) is 0.500. The first-order valence-corrected chi connectivity index (χ1v) is 6.54. The average molecular weight is 223 g/mol. The first kappa shape index (κ1) is 10.8. The third kappa shape index (κ3) is 2.67. The van der Waals surface area contributed by atoms with Gasteiger partial charge in [-0.1, -0.05) is 12.1 Å². The Bertz CT molecular complexity index is 306. The predicted octanol–water partition coefficient (Wildman–Crippen LogP) is 2.45. The molecular formula is C12H17NOS. The molecular weight excluding hydrogens is 206 g/mol. The molecule has 0 bridgehead atoms. The van der Waals surface area contributed by atoms with Gasteiger partial charge in [0.25, 0.3) is 0 Å². The highest BCUT2D eigenvalue weighted by Gasteiger charge is 2.22. The van der Waals surface area contributed by atoms with Crippen LogP contribution in [-0.4, -0.2) is 16.6 Å². The molecule has 1 unspecified atom stereocenters. The van der Waals surface area contributed by atoms with Gasteiger partial charge in [0.1, 0.15) is 0 Å². The number of nitrogens with two attached hydrogens (primary N) is 1.